The summed E-state index contributed by atoms with van der Waals surface area (Å²) in [5, 5.41) is 14.1. The summed E-state index contributed by atoms with van der Waals surface area (Å²) < 4.78 is 2.78. The Kier molecular flexibility index (Phi) is 3.05. The van der Waals surface area contributed by atoms with Crippen molar-refractivity contribution in [2.24, 2.45) is 0 Å². The van der Waals surface area contributed by atoms with Gasteiger partial charge in [-0.25, -0.2) is 9.36 Å². The van der Waals surface area contributed by atoms with Crippen molar-refractivity contribution in [3.63, 3.8) is 0 Å². The van der Waals surface area contributed by atoms with Crippen LogP contribution in [-0.4, -0.2) is 20.8 Å². The molecular weight excluding hydrogens is 289 g/mol. The Morgan fingerprint density at radius 3 is 2.53 bits per heavy atom. The van der Waals surface area contributed by atoms with E-state index in [2.05, 4.69) is 5.32 Å². The molecule has 1 aliphatic heterocycles. The van der Waals surface area contributed by atoms with Crippen LogP contribution in [0.1, 0.15) is 5.69 Å². The largest absolute Gasteiger partial charge is 0.493 e. The minimum atomic E-state index is -0.285. The molecule has 2 N–H and O–H groups in total. The number of aromatic nitrogens is 2. The van der Waals surface area contributed by atoms with Crippen LogP contribution in [0.15, 0.2) is 23.0 Å². The van der Waals surface area contributed by atoms with E-state index >= 15 is 0 Å². The normalized spacial score (nSPS) is 14.4. The van der Waals surface area contributed by atoms with Gasteiger partial charge in [0, 0.05) is 29.7 Å². The van der Waals surface area contributed by atoms with Gasteiger partial charge in [0.15, 0.2) is 0 Å². The molecular formula is C12H11Cl2N3O2. The molecule has 0 radical (unpaired) electrons. The molecule has 0 amide bonds. The number of hydrogen-bond acceptors (Lipinski definition) is 3. The first-order valence-corrected chi connectivity index (χ1v) is 6.54. The molecule has 0 atom stereocenters. The van der Waals surface area contributed by atoms with E-state index < -0.39 is 0 Å². The summed E-state index contributed by atoms with van der Waals surface area (Å²) in [6.07, 6.45) is 0. The third kappa shape index (κ3) is 2.04. The minimum Gasteiger partial charge on any atom is -0.493 e. The van der Waals surface area contributed by atoms with Crippen LogP contribution in [0.4, 0.5) is 0 Å². The highest BCUT2D eigenvalue weighted by molar-refractivity contribution is 6.34. The summed E-state index contributed by atoms with van der Waals surface area (Å²) in [6.45, 7) is 1.69. The van der Waals surface area contributed by atoms with Crippen molar-refractivity contribution < 1.29 is 5.11 Å². The Balaban J connectivity index is 2.25. The van der Waals surface area contributed by atoms with E-state index in [0.717, 1.165) is 0 Å². The molecule has 1 aliphatic rings. The number of nitrogens with zero attached hydrogens (tertiary/aromatic N) is 2. The first-order valence-electron chi connectivity index (χ1n) is 5.78. The topological polar surface area (TPSA) is 59.2 Å². The van der Waals surface area contributed by atoms with Crippen molar-refractivity contribution in [3.8, 4) is 11.6 Å². The van der Waals surface area contributed by atoms with Crippen molar-refractivity contribution in [2.75, 3.05) is 6.54 Å². The van der Waals surface area contributed by atoms with Gasteiger partial charge in [-0.3, -0.25) is 4.57 Å². The second kappa shape index (κ2) is 4.59. The van der Waals surface area contributed by atoms with Crippen molar-refractivity contribution >= 4 is 23.2 Å². The predicted molar refractivity (Wildman–Crippen MR) is 73.4 cm³/mol. The molecule has 0 saturated carbocycles. The van der Waals surface area contributed by atoms with Crippen LogP contribution in [0.2, 0.25) is 10.0 Å². The van der Waals surface area contributed by atoms with E-state index in [1.54, 1.807) is 22.8 Å². The summed E-state index contributed by atoms with van der Waals surface area (Å²) in [4.78, 5) is 12.3. The minimum absolute atomic E-state index is 0.0736. The quantitative estimate of drug-likeness (QED) is 0.843. The molecule has 0 saturated heterocycles. The Bertz CT molecular complexity index is 685. The van der Waals surface area contributed by atoms with Crippen molar-refractivity contribution in [2.45, 2.75) is 13.1 Å². The van der Waals surface area contributed by atoms with Crippen molar-refractivity contribution in [1.82, 2.24) is 14.5 Å². The lowest BCUT2D eigenvalue weighted by molar-refractivity contribution is 0.422. The number of fused-ring (bicyclic) bond motifs is 1. The predicted octanol–water partition coefficient (Wildman–Crippen LogP) is 1.75. The molecule has 7 heteroatoms. The second-order valence-corrected chi connectivity index (χ2v) is 5.22. The van der Waals surface area contributed by atoms with Crippen LogP contribution in [0.25, 0.3) is 5.69 Å². The summed E-state index contributed by atoms with van der Waals surface area (Å²) >= 11 is 11.9. The third-order valence-corrected chi connectivity index (χ3v) is 3.56. The zero-order valence-electron chi connectivity index (χ0n) is 9.86. The van der Waals surface area contributed by atoms with Crippen molar-refractivity contribution in [3.05, 3.63) is 44.4 Å². The van der Waals surface area contributed by atoms with E-state index in [0.29, 0.717) is 41.1 Å². The van der Waals surface area contributed by atoms with Crippen LogP contribution in [0.5, 0.6) is 5.88 Å². The molecule has 19 heavy (non-hydrogen) atoms. The maximum Gasteiger partial charge on any atom is 0.336 e. The van der Waals surface area contributed by atoms with Gasteiger partial charge >= 0.3 is 5.69 Å². The zero-order valence-corrected chi connectivity index (χ0v) is 11.4. The van der Waals surface area contributed by atoms with Gasteiger partial charge in [-0.05, 0) is 18.2 Å². The number of rotatable bonds is 1. The second-order valence-electron chi connectivity index (χ2n) is 4.34. The van der Waals surface area contributed by atoms with Gasteiger partial charge in [0.05, 0.1) is 11.4 Å². The Morgan fingerprint density at radius 2 is 1.89 bits per heavy atom. The highest BCUT2D eigenvalue weighted by Crippen LogP contribution is 2.26. The maximum absolute atomic E-state index is 12.3. The van der Waals surface area contributed by atoms with Gasteiger partial charge in [0.2, 0.25) is 5.88 Å². The number of imidazole rings is 1. The molecule has 5 nitrogen and oxygen atoms in total. The average Bonchev–Trinajstić information content (AvgIpc) is 2.61. The van der Waals surface area contributed by atoms with Crippen molar-refractivity contribution in [1.29, 1.82) is 0 Å². The van der Waals surface area contributed by atoms with Crippen LogP contribution >= 0.6 is 23.2 Å². The number of benzene rings is 1. The number of nitrogens with one attached hydrogen (secondary N) is 1. The lowest BCUT2D eigenvalue weighted by atomic mass is 10.3. The van der Waals surface area contributed by atoms with Crippen LogP contribution in [-0.2, 0) is 13.1 Å². The fraction of sp³-hybridized carbons (Fsp3) is 0.250. The van der Waals surface area contributed by atoms with E-state index in [4.69, 9.17) is 23.2 Å². The number of halogens is 2. The highest BCUT2D eigenvalue weighted by atomic mass is 35.5. The molecule has 0 aliphatic carbocycles. The highest BCUT2D eigenvalue weighted by Gasteiger charge is 2.22. The van der Waals surface area contributed by atoms with Crippen LogP contribution in [0, 0.1) is 0 Å². The fourth-order valence-corrected chi connectivity index (χ4v) is 2.79. The molecule has 2 heterocycles. The first kappa shape index (κ1) is 12.6. The maximum atomic E-state index is 12.3. The smallest absolute Gasteiger partial charge is 0.336 e. The summed E-state index contributed by atoms with van der Waals surface area (Å²) in [5.41, 5.74) is 0.751. The van der Waals surface area contributed by atoms with Gasteiger partial charge in [0.1, 0.15) is 0 Å². The SMILES string of the molecule is O=c1n2c(c(O)n1-c1cc(Cl)cc(Cl)c1)CNCC2. The standard InChI is InChI=1S/C12H11Cl2N3O2/c13-7-3-8(14)5-9(4-7)17-11(18)10-6-15-1-2-16(10)12(17)19/h3-5,15,18H,1-2,6H2. The Labute approximate surface area is 119 Å². The fourth-order valence-electron chi connectivity index (χ4n) is 2.28. The number of aromatic hydroxyl groups is 1. The van der Waals surface area contributed by atoms with Crippen LogP contribution in [0.3, 0.4) is 0 Å². The van der Waals surface area contributed by atoms with Gasteiger partial charge in [-0.15, -0.1) is 0 Å². The van der Waals surface area contributed by atoms with Gasteiger partial charge < -0.3 is 10.4 Å². The molecule has 100 valence electrons. The first-order chi connectivity index (χ1) is 9.08. The number of hydrogen-bond donors (Lipinski definition) is 2. The Morgan fingerprint density at radius 1 is 1.21 bits per heavy atom. The summed E-state index contributed by atoms with van der Waals surface area (Å²) in [5.74, 6) is -0.0736. The molecule has 1 aromatic carbocycles. The summed E-state index contributed by atoms with van der Waals surface area (Å²) in [7, 11) is 0. The molecule has 3 rings (SSSR count). The third-order valence-electron chi connectivity index (χ3n) is 3.13. The molecule has 0 unspecified atom stereocenters. The molecule has 0 fully saturated rings. The van der Waals surface area contributed by atoms with Gasteiger partial charge in [0.25, 0.3) is 0 Å². The van der Waals surface area contributed by atoms with E-state index in [1.165, 1.54) is 4.57 Å². The van der Waals surface area contributed by atoms with Gasteiger partial charge in [-0.2, -0.15) is 0 Å². The zero-order chi connectivity index (χ0) is 13.6. The lowest BCUT2D eigenvalue weighted by Gasteiger charge is -2.13. The monoisotopic (exact) mass is 299 g/mol. The van der Waals surface area contributed by atoms with E-state index in [9.17, 15) is 9.90 Å². The van der Waals surface area contributed by atoms with Crippen LogP contribution < -0.4 is 11.0 Å². The molecule has 0 bridgehead atoms. The molecule has 1 aromatic heterocycles. The van der Waals surface area contributed by atoms with Gasteiger partial charge in [-0.1, -0.05) is 23.2 Å². The molecule has 2 aromatic rings. The summed E-state index contributed by atoms with van der Waals surface area (Å²) in [6, 6.07) is 4.76. The lowest BCUT2D eigenvalue weighted by Crippen LogP contribution is -2.34. The Hall–Kier alpha value is -1.43. The van der Waals surface area contributed by atoms with E-state index in [1.807, 2.05) is 0 Å². The molecule has 0 spiro atoms. The van der Waals surface area contributed by atoms with E-state index in [-0.39, 0.29) is 11.6 Å². The average molecular weight is 300 g/mol.